The van der Waals surface area contributed by atoms with Gasteiger partial charge in [0.05, 0.1) is 4.90 Å². The van der Waals surface area contributed by atoms with Crippen LogP contribution in [0.25, 0.3) is 0 Å². The van der Waals surface area contributed by atoms with E-state index in [1.165, 1.54) is 29.4 Å². The topological polar surface area (TPSA) is 74.5 Å². The van der Waals surface area contributed by atoms with Crippen molar-refractivity contribution in [2.75, 3.05) is 7.05 Å². The molecule has 0 aromatic carbocycles. The van der Waals surface area contributed by atoms with E-state index in [0.717, 1.165) is 12.8 Å². The van der Waals surface area contributed by atoms with E-state index in [0.29, 0.717) is 10.1 Å². The summed E-state index contributed by atoms with van der Waals surface area (Å²) in [4.78, 5) is 11.9. The number of likely N-dealkylation sites (N-methyl/N-ethyl adjacent to an activating group) is 1. The molecule has 6 heteroatoms. The molecule has 1 aromatic rings. The van der Waals surface area contributed by atoms with Crippen molar-refractivity contribution in [2.24, 2.45) is 0 Å². The Morgan fingerprint density at radius 1 is 1.56 bits per heavy atom. The van der Waals surface area contributed by atoms with E-state index in [9.17, 15) is 15.0 Å². The quantitative estimate of drug-likeness (QED) is 0.692. The smallest absolute Gasteiger partial charge is 0.239 e. The molecule has 0 radical (unpaired) electrons. The fourth-order valence-electron chi connectivity index (χ4n) is 1.65. The van der Waals surface area contributed by atoms with Gasteiger partial charge in [0.15, 0.2) is 5.88 Å². The summed E-state index contributed by atoms with van der Waals surface area (Å²) in [6.07, 6.45) is 2.10. The van der Waals surface area contributed by atoms with Crippen LogP contribution in [0.3, 0.4) is 0 Å². The third kappa shape index (κ3) is 3.60. The normalized spacial score (nSPS) is 12.4. The summed E-state index contributed by atoms with van der Waals surface area (Å²) in [5, 5.41) is 22.5. The van der Waals surface area contributed by atoms with Gasteiger partial charge in [0.1, 0.15) is 6.54 Å². The molecule has 1 heterocycles. The average molecular weight is 272 g/mol. The number of hydrogen-bond donors (Lipinski definition) is 3. The van der Waals surface area contributed by atoms with Crippen molar-refractivity contribution < 1.29 is 15.0 Å². The predicted molar refractivity (Wildman–Crippen MR) is 72.1 cm³/mol. The maximum atomic E-state index is 11.3. The Labute approximate surface area is 111 Å². The van der Waals surface area contributed by atoms with E-state index in [1.807, 2.05) is 0 Å². The van der Waals surface area contributed by atoms with Gasteiger partial charge in [0, 0.05) is 18.4 Å². The third-order valence-electron chi connectivity index (χ3n) is 2.62. The van der Waals surface area contributed by atoms with Gasteiger partial charge in [0.25, 0.3) is 0 Å². The van der Waals surface area contributed by atoms with E-state index in [-0.39, 0.29) is 24.2 Å². The van der Waals surface area contributed by atoms with E-state index in [4.69, 9.17) is 0 Å². The Morgan fingerprint density at radius 3 is 2.78 bits per heavy atom. The molecule has 1 amide bonds. The lowest BCUT2D eigenvalue weighted by atomic mass is 10.3. The SMILES string of the molecule is CCCC(C)Sc1cc(O)n(CC(=O)NC)c1O. The van der Waals surface area contributed by atoms with Crippen LogP contribution in [0, 0.1) is 0 Å². The molecular formula is C12H20N2O3S. The van der Waals surface area contributed by atoms with Gasteiger partial charge in [0.2, 0.25) is 11.8 Å². The lowest BCUT2D eigenvalue weighted by Crippen LogP contribution is -2.23. The maximum absolute atomic E-state index is 11.3. The summed E-state index contributed by atoms with van der Waals surface area (Å²) in [6, 6.07) is 1.50. The molecule has 0 saturated carbocycles. The average Bonchev–Trinajstić information content (AvgIpc) is 2.57. The Bertz CT molecular complexity index is 418. The summed E-state index contributed by atoms with van der Waals surface area (Å²) in [7, 11) is 1.51. The van der Waals surface area contributed by atoms with Crippen LogP contribution in [0.1, 0.15) is 26.7 Å². The highest BCUT2D eigenvalue weighted by Gasteiger charge is 2.17. The van der Waals surface area contributed by atoms with Crippen LogP contribution in [0.5, 0.6) is 11.8 Å². The number of aromatic hydroxyl groups is 2. The number of carbonyl (C=O) groups is 1. The van der Waals surface area contributed by atoms with Crippen molar-refractivity contribution in [3.63, 3.8) is 0 Å². The number of nitrogens with zero attached hydrogens (tertiary/aromatic N) is 1. The fraction of sp³-hybridized carbons (Fsp3) is 0.583. The van der Waals surface area contributed by atoms with Crippen LogP contribution in [0.15, 0.2) is 11.0 Å². The zero-order valence-electron chi connectivity index (χ0n) is 10.9. The fourth-order valence-corrected chi connectivity index (χ4v) is 2.82. The zero-order valence-corrected chi connectivity index (χ0v) is 11.8. The lowest BCUT2D eigenvalue weighted by Gasteiger charge is -2.09. The maximum Gasteiger partial charge on any atom is 0.239 e. The summed E-state index contributed by atoms with van der Waals surface area (Å²) in [6.45, 7) is 4.09. The number of hydrogen-bond acceptors (Lipinski definition) is 4. The molecule has 102 valence electrons. The molecule has 18 heavy (non-hydrogen) atoms. The van der Waals surface area contributed by atoms with Crippen molar-refractivity contribution in [1.29, 1.82) is 0 Å². The molecule has 0 spiro atoms. The molecule has 5 nitrogen and oxygen atoms in total. The molecule has 0 fully saturated rings. The first-order valence-electron chi connectivity index (χ1n) is 5.98. The van der Waals surface area contributed by atoms with Crippen LogP contribution >= 0.6 is 11.8 Å². The molecule has 1 aromatic heterocycles. The summed E-state index contributed by atoms with van der Waals surface area (Å²) in [5.41, 5.74) is 0. The van der Waals surface area contributed by atoms with Crippen molar-refractivity contribution in [2.45, 2.75) is 43.4 Å². The highest BCUT2D eigenvalue weighted by atomic mass is 32.2. The van der Waals surface area contributed by atoms with Crippen molar-refractivity contribution >= 4 is 17.7 Å². The lowest BCUT2D eigenvalue weighted by molar-refractivity contribution is -0.121. The third-order valence-corrected chi connectivity index (χ3v) is 3.81. The first-order chi connectivity index (χ1) is 8.49. The second-order valence-electron chi connectivity index (χ2n) is 4.17. The minimum Gasteiger partial charge on any atom is -0.494 e. The van der Waals surface area contributed by atoms with Crippen LogP contribution in [-0.4, -0.2) is 33.0 Å². The Hall–Kier alpha value is -1.30. The number of aromatic nitrogens is 1. The van der Waals surface area contributed by atoms with Gasteiger partial charge in [-0.3, -0.25) is 9.36 Å². The number of amides is 1. The standard InChI is InChI=1S/C12H20N2O3S/c1-4-5-8(2)18-9-6-11(16)14(12(9)17)7-10(15)13-3/h6,8,16-17H,4-5,7H2,1-3H3,(H,13,15). The van der Waals surface area contributed by atoms with Crippen molar-refractivity contribution in [3.05, 3.63) is 6.07 Å². The van der Waals surface area contributed by atoms with Crippen LogP contribution in [0.2, 0.25) is 0 Å². The van der Waals surface area contributed by atoms with Gasteiger partial charge >= 0.3 is 0 Å². The molecule has 0 aliphatic heterocycles. The highest BCUT2D eigenvalue weighted by Crippen LogP contribution is 2.38. The predicted octanol–water partition coefficient (Wildman–Crippen LogP) is 1.93. The van der Waals surface area contributed by atoms with Gasteiger partial charge < -0.3 is 15.5 Å². The summed E-state index contributed by atoms with van der Waals surface area (Å²) >= 11 is 1.50. The zero-order chi connectivity index (χ0) is 13.7. The van der Waals surface area contributed by atoms with Gasteiger partial charge in [-0.15, -0.1) is 11.8 Å². The second-order valence-corrected chi connectivity index (χ2v) is 5.65. The number of thioether (sulfide) groups is 1. The molecule has 0 saturated heterocycles. The van der Waals surface area contributed by atoms with Crippen molar-refractivity contribution in [1.82, 2.24) is 9.88 Å². The molecule has 0 bridgehead atoms. The first kappa shape index (κ1) is 14.8. The first-order valence-corrected chi connectivity index (χ1v) is 6.86. The molecule has 1 unspecified atom stereocenters. The van der Waals surface area contributed by atoms with Crippen LogP contribution < -0.4 is 5.32 Å². The minimum atomic E-state index is -0.269. The summed E-state index contributed by atoms with van der Waals surface area (Å²) < 4.78 is 1.19. The van der Waals surface area contributed by atoms with Crippen LogP contribution in [-0.2, 0) is 11.3 Å². The molecular weight excluding hydrogens is 252 g/mol. The van der Waals surface area contributed by atoms with Gasteiger partial charge in [-0.05, 0) is 6.42 Å². The Kier molecular flexibility index (Phi) is 5.40. The van der Waals surface area contributed by atoms with E-state index in [2.05, 4.69) is 19.2 Å². The van der Waals surface area contributed by atoms with E-state index in [1.54, 1.807) is 0 Å². The largest absolute Gasteiger partial charge is 0.494 e. The number of carbonyl (C=O) groups excluding carboxylic acids is 1. The van der Waals surface area contributed by atoms with Gasteiger partial charge in [-0.25, -0.2) is 0 Å². The number of nitrogens with one attached hydrogen (secondary N) is 1. The monoisotopic (exact) mass is 272 g/mol. The molecule has 0 aliphatic carbocycles. The van der Waals surface area contributed by atoms with Gasteiger partial charge in [-0.1, -0.05) is 20.3 Å². The summed E-state index contributed by atoms with van der Waals surface area (Å²) in [5.74, 6) is -0.416. The minimum absolute atomic E-state index is 0.0518. The second kappa shape index (κ2) is 6.58. The van der Waals surface area contributed by atoms with Crippen molar-refractivity contribution in [3.8, 4) is 11.8 Å². The molecule has 1 atom stereocenters. The number of rotatable bonds is 6. The van der Waals surface area contributed by atoms with E-state index >= 15 is 0 Å². The van der Waals surface area contributed by atoms with E-state index < -0.39 is 0 Å². The highest BCUT2D eigenvalue weighted by molar-refractivity contribution is 8.00. The molecule has 1 rings (SSSR count). The Morgan fingerprint density at radius 2 is 2.22 bits per heavy atom. The molecule has 3 N–H and O–H groups in total. The van der Waals surface area contributed by atoms with Crippen LogP contribution in [0.4, 0.5) is 0 Å². The van der Waals surface area contributed by atoms with Gasteiger partial charge in [-0.2, -0.15) is 0 Å². The Balaban J connectivity index is 2.83. The molecule has 0 aliphatic rings.